The summed E-state index contributed by atoms with van der Waals surface area (Å²) in [6, 6.07) is 7.18. The van der Waals surface area contributed by atoms with Crippen molar-refractivity contribution in [3.63, 3.8) is 0 Å². The first-order valence-corrected chi connectivity index (χ1v) is 14.1. The van der Waals surface area contributed by atoms with E-state index in [9.17, 15) is 28.6 Å². The van der Waals surface area contributed by atoms with Crippen LogP contribution in [0.2, 0.25) is 0 Å². The number of halogens is 2. The smallest absolute Gasteiger partial charge is 0.254 e. The Kier molecular flexibility index (Phi) is 7.88. The molecule has 2 aliphatic heterocycles. The second kappa shape index (κ2) is 11.8. The van der Waals surface area contributed by atoms with Gasteiger partial charge in [0.1, 0.15) is 12.1 Å². The summed E-state index contributed by atoms with van der Waals surface area (Å²) < 4.78 is 35.7. The topological polar surface area (TPSA) is 145 Å². The van der Waals surface area contributed by atoms with E-state index in [1.165, 1.54) is 31.6 Å². The summed E-state index contributed by atoms with van der Waals surface area (Å²) in [6.07, 6.45) is 2.40. The van der Waals surface area contributed by atoms with Crippen molar-refractivity contribution in [3.8, 4) is 17.0 Å². The van der Waals surface area contributed by atoms with Crippen molar-refractivity contribution in [1.29, 1.82) is 0 Å². The number of β-amino-alcohol motifs (C(OH)–C–C–N with tert-alkyl or cyclic N) is 1. The molecule has 0 radical (unpaired) electrons. The van der Waals surface area contributed by atoms with Crippen LogP contribution in [0.4, 0.5) is 20.3 Å². The van der Waals surface area contributed by atoms with Gasteiger partial charge in [-0.15, -0.1) is 0 Å². The number of ether oxygens (including phenoxy) is 1. The van der Waals surface area contributed by atoms with E-state index in [-0.39, 0.29) is 29.7 Å². The number of aryl methyl sites for hydroxylation is 1. The lowest BCUT2D eigenvalue weighted by molar-refractivity contribution is -0.137. The Hall–Kier alpha value is -4.66. The van der Waals surface area contributed by atoms with Crippen LogP contribution in [-0.4, -0.2) is 104 Å². The van der Waals surface area contributed by atoms with Gasteiger partial charge in [-0.1, -0.05) is 0 Å². The highest BCUT2D eigenvalue weighted by molar-refractivity contribution is 5.96. The molecular weight excluding hydrogens is 576 g/mol. The van der Waals surface area contributed by atoms with Crippen LogP contribution in [0.3, 0.4) is 0 Å². The number of aliphatic hydroxyl groups is 2. The molecule has 2 aromatic heterocycles. The lowest BCUT2D eigenvalue weighted by Crippen LogP contribution is -2.56. The lowest BCUT2D eigenvalue weighted by atomic mass is 10.1. The van der Waals surface area contributed by atoms with E-state index in [1.807, 2.05) is 6.92 Å². The molecule has 4 aromatic rings. The van der Waals surface area contributed by atoms with Crippen LogP contribution in [0.5, 0.6) is 5.75 Å². The average molecular weight is 608 g/mol. The number of piperazine rings is 1. The monoisotopic (exact) mass is 607 g/mol. The fraction of sp³-hybridized carbons (Fsp3) is 0.333. The van der Waals surface area contributed by atoms with Gasteiger partial charge >= 0.3 is 0 Å². The van der Waals surface area contributed by atoms with E-state index in [0.29, 0.717) is 54.6 Å². The highest BCUT2D eigenvalue weighted by Crippen LogP contribution is 2.32. The number of anilines is 2. The molecule has 2 fully saturated rings. The van der Waals surface area contributed by atoms with Gasteiger partial charge in [-0.3, -0.25) is 14.0 Å². The van der Waals surface area contributed by atoms with Crippen molar-refractivity contribution in [3.05, 3.63) is 71.7 Å². The van der Waals surface area contributed by atoms with Crippen LogP contribution in [0, 0.1) is 18.6 Å². The second-order valence-corrected chi connectivity index (χ2v) is 10.8. The van der Waals surface area contributed by atoms with E-state index >= 15 is 0 Å². The third-order valence-electron chi connectivity index (χ3n) is 8.12. The molecule has 0 saturated carbocycles. The normalized spacial score (nSPS) is 20.3. The summed E-state index contributed by atoms with van der Waals surface area (Å²) in [5.41, 5.74) is 2.61. The number of fused-ring (bicyclic) bond motifs is 1. The highest BCUT2D eigenvalue weighted by atomic mass is 19.2. The number of hydrogen-bond acceptors (Lipinski definition) is 9. The Morgan fingerprint density at radius 1 is 1.05 bits per heavy atom. The molecule has 6 rings (SSSR count). The Labute approximate surface area is 250 Å². The van der Waals surface area contributed by atoms with Crippen LogP contribution in [0.15, 0.2) is 48.9 Å². The number of hydrogen-bond donors (Lipinski definition) is 4. The summed E-state index contributed by atoms with van der Waals surface area (Å²) in [5, 5.41) is 25.8. The van der Waals surface area contributed by atoms with E-state index < -0.39 is 29.9 Å². The fourth-order valence-corrected chi connectivity index (χ4v) is 5.65. The maximum Gasteiger partial charge on any atom is 0.254 e. The number of aliphatic hydroxyl groups excluding tert-OH is 2. The molecule has 0 spiro atoms. The van der Waals surface area contributed by atoms with Crippen molar-refractivity contribution in [2.45, 2.75) is 25.2 Å². The summed E-state index contributed by atoms with van der Waals surface area (Å²) >= 11 is 0. The minimum absolute atomic E-state index is 0.0171. The van der Waals surface area contributed by atoms with Gasteiger partial charge in [0.2, 0.25) is 11.7 Å². The summed E-state index contributed by atoms with van der Waals surface area (Å²) in [6.45, 7) is 3.28. The first kappa shape index (κ1) is 29.4. The summed E-state index contributed by atoms with van der Waals surface area (Å²) in [4.78, 5) is 38.2. The van der Waals surface area contributed by atoms with Crippen molar-refractivity contribution >= 4 is 29.0 Å². The lowest BCUT2D eigenvalue weighted by Gasteiger charge is -2.36. The van der Waals surface area contributed by atoms with Gasteiger partial charge < -0.3 is 35.4 Å². The average Bonchev–Trinajstić information content (AvgIpc) is 3.61. The van der Waals surface area contributed by atoms with Crippen molar-refractivity contribution in [1.82, 2.24) is 29.5 Å². The Bertz CT molecular complexity index is 1740. The van der Waals surface area contributed by atoms with Crippen molar-refractivity contribution < 1.29 is 33.3 Å². The van der Waals surface area contributed by atoms with E-state index in [1.54, 1.807) is 38.6 Å². The Balaban J connectivity index is 1.15. The first-order valence-electron chi connectivity index (χ1n) is 14.1. The number of imidazole rings is 1. The predicted molar refractivity (Wildman–Crippen MR) is 156 cm³/mol. The maximum absolute atomic E-state index is 14.8. The number of carbonyl (C=O) groups is 2. The van der Waals surface area contributed by atoms with Crippen molar-refractivity contribution in [2.75, 3.05) is 45.2 Å². The SMILES string of the molecule is COc1ccc(-c2cnc3c(Nc4ccc(C(=O)N5CCN(C(=O)[C@H]6NC[C@H](O)[C@@H]6O)CC5)c(C)c4)nccn23)c(F)c1F. The zero-order valence-electron chi connectivity index (χ0n) is 24.0. The standard InChI is InChI=1S/C30H31F2N7O5/c1-16-13-17(3-4-18(16)29(42)37-9-11-38(12-10-37)30(43)25-26(41)21(40)15-34-25)36-27-28-35-14-20(39(28)8-7-33-27)19-5-6-22(44-2)24(32)23(19)31/h3-8,13-14,21,25-26,34,40-41H,9-12,15H2,1-2H3,(H,33,36)/t21-,25-,26-/m0/s1. The number of carbonyl (C=O) groups excluding carboxylic acids is 2. The van der Waals surface area contributed by atoms with Crippen LogP contribution in [0.25, 0.3) is 16.9 Å². The number of benzene rings is 2. The molecule has 0 aliphatic carbocycles. The Morgan fingerprint density at radius 3 is 2.48 bits per heavy atom. The molecular formula is C30H31F2N7O5. The number of aromatic nitrogens is 3. The largest absolute Gasteiger partial charge is 0.494 e. The molecule has 2 aliphatic rings. The highest BCUT2D eigenvalue weighted by Gasteiger charge is 2.40. The van der Waals surface area contributed by atoms with Gasteiger partial charge in [0.05, 0.1) is 25.1 Å². The van der Waals surface area contributed by atoms with Gasteiger partial charge in [-0.05, 0) is 42.8 Å². The second-order valence-electron chi connectivity index (χ2n) is 10.8. The van der Waals surface area contributed by atoms with E-state index in [0.717, 1.165) is 5.56 Å². The van der Waals surface area contributed by atoms with E-state index in [2.05, 4.69) is 20.6 Å². The molecule has 2 aromatic carbocycles. The first-order chi connectivity index (χ1) is 21.2. The minimum atomic E-state index is -1.16. The van der Waals surface area contributed by atoms with Crippen LogP contribution >= 0.6 is 0 Å². The summed E-state index contributed by atoms with van der Waals surface area (Å²) in [5.74, 6) is -2.41. The maximum atomic E-state index is 14.8. The minimum Gasteiger partial charge on any atom is -0.494 e. The van der Waals surface area contributed by atoms with Crippen LogP contribution < -0.4 is 15.4 Å². The number of nitrogens with zero attached hydrogens (tertiary/aromatic N) is 5. The molecule has 12 nitrogen and oxygen atoms in total. The number of methoxy groups -OCH3 is 1. The van der Waals surface area contributed by atoms with Crippen LogP contribution in [0.1, 0.15) is 15.9 Å². The van der Waals surface area contributed by atoms with Crippen molar-refractivity contribution in [2.24, 2.45) is 0 Å². The number of rotatable bonds is 6. The quantitative estimate of drug-likeness (QED) is 0.258. The number of nitrogens with one attached hydrogen (secondary N) is 2. The molecule has 230 valence electrons. The summed E-state index contributed by atoms with van der Waals surface area (Å²) in [7, 11) is 1.26. The zero-order valence-corrected chi connectivity index (χ0v) is 24.0. The van der Waals surface area contributed by atoms with Gasteiger partial charge in [-0.25, -0.2) is 14.4 Å². The van der Waals surface area contributed by atoms with Gasteiger partial charge in [0.25, 0.3) is 5.91 Å². The van der Waals surface area contributed by atoms with Crippen LogP contribution in [-0.2, 0) is 4.79 Å². The fourth-order valence-electron chi connectivity index (χ4n) is 5.65. The van der Waals surface area contributed by atoms with Gasteiger partial charge in [0.15, 0.2) is 23.0 Å². The molecule has 44 heavy (non-hydrogen) atoms. The molecule has 14 heteroatoms. The molecule has 4 N–H and O–H groups in total. The zero-order chi connectivity index (χ0) is 31.1. The molecule has 0 unspecified atom stereocenters. The third-order valence-corrected chi connectivity index (χ3v) is 8.12. The predicted octanol–water partition coefficient (Wildman–Crippen LogP) is 1.71. The molecule has 4 heterocycles. The van der Waals surface area contributed by atoms with Gasteiger partial charge in [-0.2, -0.15) is 4.39 Å². The number of amides is 2. The molecule has 0 bridgehead atoms. The molecule has 2 amide bonds. The third kappa shape index (κ3) is 5.20. The van der Waals surface area contributed by atoms with E-state index in [4.69, 9.17) is 4.74 Å². The Morgan fingerprint density at radius 2 is 1.80 bits per heavy atom. The molecule has 3 atom stereocenters. The van der Waals surface area contributed by atoms with Gasteiger partial charge in [0, 0.05) is 61.9 Å². The molecule has 2 saturated heterocycles.